The Bertz CT molecular complexity index is 575. The molecule has 1 fully saturated rings. The lowest BCUT2D eigenvalue weighted by Gasteiger charge is -2.42. The molecule has 0 saturated carbocycles. The Labute approximate surface area is 163 Å². The maximum atomic E-state index is 12.2. The number of benzene rings is 1. The molecule has 0 spiro atoms. The Morgan fingerprint density at radius 1 is 1.11 bits per heavy atom. The second-order valence-corrected chi connectivity index (χ2v) is 7.25. The van der Waals surface area contributed by atoms with E-state index in [4.69, 9.17) is 9.47 Å². The van der Waals surface area contributed by atoms with Crippen molar-refractivity contribution in [2.75, 3.05) is 20.3 Å². The molecule has 1 aromatic carbocycles. The standard InChI is InChI=1S/C22H33NO4/c1-3-4-6-12-19-13-9-14-20(17-21(24)26-2)23(19)15-16-27-22(25)18-10-7-5-8-11-18/h5,7-8,10-11,19-20H,3-4,6,9,12-17H2,1-2H3/t19-,20+/m1/s1. The Morgan fingerprint density at radius 3 is 2.56 bits per heavy atom. The van der Waals surface area contributed by atoms with Gasteiger partial charge in [0.05, 0.1) is 19.1 Å². The maximum absolute atomic E-state index is 12.2. The van der Waals surface area contributed by atoms with Crippen LogP contribution in [0.4, 0.5) is 0 Å². The fourth-order valence-corrected chi connectivity index (χ4v) is 3.92. The number of esters is 2. The molecule has 5 heteroatoms. The summed E-state index contributed by atoms with van der Waals surface area (Å²) >= 11 is 0. The van der Waals surface area contributed by atoms with Gasteiger partial charge in [0.25, 0.3) is 0 Å². The van der Waals surface area contributed by atoms with E-state index >= 15 is 0 Å². The normalized spacial score (nSPS) is 20.2. The SMILES string of the molecule is CCCCC[C@@H]1CCC[C@@H](CC(=O)OC)N1CCOC(=O)c1ccccc1. The van der Waals surface area contributed by atoms with E-state index in [0.29, 0.717) is 31.2 Å². The average Bonchev–Trinajstić information content (AvgIpc) is 2.70. The molecule has 0 unspecified atom stereocenters. The number of rotatable bonds is 10. The van der Waals surface area contributed by atoms with E-state index in [1.165, 1.54) is 26.4 Å². The van der Waals surface area contributed by atoms with Crippen molar-refractivity contribution in [1.29, 1.82) is 0 Å². The van der Waals surface area contributed by atoms with Crippen molar-refractivity contribution in [3.05, 3.63) is 35.9 Å². The summed E-state index contributed by atoms with van der Waals surface area (Å²) < 4.78 is 10.4. The Hall–Kier alpha value is -1.88. The smallest absolute Gasteiger partial charge is 0.338 e. The molecule has 2 rings (SSSR count). The van der Waals surface area contributed by atoms with Crippen LogP contribution in [0.3, 0.4) is 0 Å². The van der Waals surface area contributed by atoms with Crippen LogP contribution in [0.15, 0.2) is 30.3 Å². The van der Waals surface area contributed by atoms with E-state index in [2.05, 4.69) is 11.8 Å². The van der Waals surface area contributed by atoms with Gasteiger partial charge >= 0.3 is 11.9 Å². The van der Waals surface area contributed by atoms with Crippen LogP contribution in [0.5, 0.6) is 0 Å². The number of nitrogens with zero attached hydrogens (tertiary/aromatic N) is 1. The van der Waals surface area contributed by atoms with E-state index in [1.807, 2.05) is 18.2 Å². The molecule has 2 atom stereocenters. The summed E-state index contributed by atoms with van der Waals surface area (Å²) in [6, 6.07) is 9.69. The Kier molecular flexibility index (Phi) is 9.32. The largest absolute Gasteiger partial charge is 0.469 e. The van der Waals surface area contributed by atoms with Gasteiger partial charge in [0.15, 0.2) is 0 Å². The van der Waals surface area contributed by atoms with Gasteiger partial charge < -0.3 is 9.47 Å². The number of ether oxygens (including phenoxy) is 2. The van der Waals surface area contributed by atoms with Crippen molar-refractivity contribution < 1.29 is 19.1 Å². The first-order valence-corrected chi connectivity index (χ1v) is 10.2. The zero-order valence-electron chi connectivity index (χ0n) is 16.7. The minimum Gasteiger partial charge on any atom is -0.469 e. The Morgan fingerprint density at radius 2 is 1.85 bits per heavy atom. The molecule has 1 saturated heterocycles. The number of likely N-dealkylation sites (tertiary alicyclic amines) is 1. The van der Waals surface area contributed by atoms with Gasteiger partial charge in [0, 0.05) is 18.6 Å². The quantitative estimate of drug-likeness (QED) is 0.453. The van der Waals surface area contributed by atoms with Crippen LogP contribution in [-0.4, -0.2) is 49.2 Å². The van der Waals surface area contributed by atoms with Gasteiger partial charge in [-0.25, -0.2) is 4.79 Å². The van der Waals surface area contributed by atoms with Crippen LogP contribution in [0.25, 0.3) is 0 Å². The molecule has 0 radical (unpaired) electrons. The van der Waals surface area contributed by atoms with Crippen LogP contribution in [0.1, 0.15) is 68.6 Å². The predicted molar refractivity (Wildman–Crippen MR) is 106 cm³/mol. The summed E-state index contributed by atoms with van der Waals surface area (Å²) in [7, 11) is 1.44. The summed E-state index contributed by atoms with van der Waals surface area (Å²) in [5, 5.41) is 0. The minimum atomic E-state index is -0.292. The summed E-state index contributed by atoms with van der Waals surface area (Å²) in [4.78, 5) is 26.4. The molecular weight excluding hydrogens is 342 g/mol. The molecule has 27 heavy (non-hydrogen) atoms. The lowest BCUT2D eigenvalue weighted by atomic mass is 9.90. The van der Waals surface area contributed by atoms with Crippen molar-refractivity contribution in [2.45, 2.75) is 70.4 Å². The number of hydrogen-bond acceptors (Lipinski definition) is 5. The second-order valence-electron chi connectivity index (χ2n) is 7.25. The molecule has 0 aromatic heterocycles. The number of carbonyl (C=O) groups excluding carboxylic acids is 2. The number of unbranched alkanes of at least 4 members (excludes halogenated alkanes) is 2. The first kappa shape index (κ1) is 21.4. The molecule has 150 valence electrons. The fourth-order valence-electron chi connectivity index (χ4n) is 3.92. The number of piperidine rings is 1. The van der Waals surface area contributed by atoms with Crippen LogP contribution in [0, 0.1) is 0 Å². The fraction of sp³-hybridized carbons (Fsp3) is 0.636. The molecule has 5 nitrogen and oxygen atoms in total. The number of carbonyl (C=O) groups is 2. The van der Waals surface area contributed by atoms with Crippen LogP contribution in [-0.2, 0) is 14.3 Å². The van der Waals surface area contributed by atoms with E-state index in [9.17, 15) is 9.59 Å². The van der Waals surface area contributed by atoms with Crippen molar-refractivity contribution >= 4 is 11.9 Å². The van der Waals surface area contributed by atoms with E-state index in [1.54, 1.807) is 12.1 Å². The van der Waals surface area contributed by atoms with Gasteiger partial charge in [0.2, 0.25) is 0 Å². The summed E-state index contributed by atoms with van der Waals surface area (Å²) in [6.07, 6.45) is 8.46. The van der Waals surface area contributed by atoms with Gasteiger partial charge in [-0.15, -0.1) is 0 Å². The molecule has 1 aliphatic rings. The molecule has 1 heterocycles. The highest BCUT2D eigenvalue weighted by Gasteiger charge is 2.31. The van der Waals surface area contributed by atoms with Gasteiger partial charge in [-0.3, -0.25) is 9.69 Å². The molecule has 0 aliphatic carbocycles. The van der Waals surface area contributed by atoms with Crippen LogP contribution < -0.4 is 0 Å². The monoisotopic (exact) mass is 375 g/mol. The third-order valence-electron chi connectivity index (χ3n) is 5.38. The van der Waals surface area contributed by atoms with Gasteiger partial charge in [-0.05, 0) is 31.4 Å². The predicted octanol–water partition coefficient (Wildman–Crippen LogP) is 4.21. The lowest BCUT2D eigenvalue weighted by Crippen LogP contribution is -2.49. The highest BCUT2D eigenvalue weighted by molar-refractivity contribution is 5.89. The van der Waals surface area contributed by atoms with Gasteiger partial charge in [-0.1, -0.05) is 50.8 Å². The van der Waals surface area contributed by atoms with Crippen LogP contribution >= 0.6 is 0 Å². The third kappa shape index (κ3) is 6.98. The van der Waals surface area contributed by atoms with E-state index in [0.717, 1.165) is 25.7 Å². The van der Waals surface area contributed by atoms with Gasteiger partial charge in [0.1, 0.15) is 6.61 Å². The number of hydrogen-bond donors (Lipinski definition) is 0. The maximum Gasteiger partial charge on any atom is 0.338 e. The van der Waals surface area contributed by atoms with Crippen molar-refractivity contribution in [3.63, 3.8) is 0 Å². The van der Waals surface area contributed by atoms with Gasteiger partial charge in [-0.2, -0.15) is 0 Å². The second kappa shape index (κ2) is 11.8. The van der Waals surface area contributed by atoms with Crippen LogP contribution in [0.2, 0.25) is 0 Å². The van der Waals surface area contributed by atoms with Crippen molar-refractivity contribution in [1.82, 2.24) is 4.90 Å². The van der Waals surface area contributed by atoms with Crippen molar-refractivity contribution in [2.24, 2.45) is 0 Å². The first-order chi connectivity index (χ1) is 13.2. The summed E-state index contributed by atoms with van der Waals surface area (Å²) in [5.41, 5.74) is 0.571. The first-order valence-electron chi connectivity index (χ1n) is 10.2. The zero-order chi connectivity index (χ0) is 19.5. The Balaban J connectivity index is 1.93. The topological polar surface area (TPSA) is 55.8 Å². The van der Waals surface area contributed by atoms with E-state index in [-0.39, 0.29) is 18.0 Å². The zero-order valence-corrected chi connectivity index (χ0v) is 16.7. The van der Waals surface area contributed by atoms with Crippen molar-refractivity contribution in [3.8, 4) is 0 Å². The molecule has 0 N–H and O–H groups in total. The molecule has 0 amide bonds. The average molecular weight is 376 g/mol. The molecule has 1 aromatic rings. The minimum absolute atomic E-state index is 0.166. The third-order valence-corrected chi connectivity index (χ3v) is 5.38. The highest BCUT2D eigenvalue weighted by Crippen LogP contribution is 2.28. The molecule has 1 aliphatic heterocycles. The van der Waals surface area contributed by atoms with E-state index < -0.39 is 0 Å². The highest BCUT2D eigenvalue weighted by atomic mass is 16.5. The number of methoxy groups -OCH3 is 1. The molecular formula is C22H33NO4. The molecule has 0 bridgehead atoms. The summed E-state index contributed by atoms with van der Waals surface area (Å²) in [5.74, 6) is -0.458. The lowest BCUT2D eigenvalue weighted by molar-refractivity contribution is -0.142. The summed E-state index contributed by atoms with van der Waals surface area (Å²) in [6.45, 7) is 3.22.